The van der Waals surface area contributed by atoms with Crippen LogP contribution in [0, 0.1) is 0 Å². The summed E-state index contributed by atoms with van der Waals surface area (Å²) in [5, 5.41) is 28.0. The third kappa shape index (κ3) is 3.45. The number of phosphoric acid groups is 1. The molecule has 0 aromatic carbocycles. The molecule has 0 saturated carbocycles. The Morgan fingerprint density at radius 1 is 1.25 bits per heavy atom. The summed E-state index contributed by atoms with van der Waals surface area (Å²) in [5.74, 6) is 0. The Balaban J connectivity index is 2.57. The number of rotatable bonds is 3. The van der Waals surface area contributed by atoms with Gasteiger partial charge in [-0.1, -0.05) is 0 Å². The average molecular weight is 259 g/mol. The topological polar surface area (TPSA) is 163 Å². The van der Waals surface area contributed by atoms with Crippen molar-refractivity contribution in [2.45, 2.75) is 30.6 Å². The quantitative estimate of drug-likeness (QED) is 0.287. The maximum absolute atomic E-state index is 10.4. The number of aliphatic hydroxyl groups is 3. The molecule has 1 fully saturated rings. The van der Waals surface area contributed by atoms with Crippen LogP contribution in [0.5, 0.6) is 0 Å². The normalized spacial score (nSPS) is 41.0. The molecule has 0 bridgehead atoms. The van der Waals surface area contributed by atoms with Crippen molar-refractivity contribution in [3.05, 3.63) is 0 Å². The number of phosphoric ester groups is 1. The molecule has 0 amide bonds. The van der Waals surface area contributed by atoms with Gasteiger partial charge >= 0.3 is 7.82 Å². The molecule has 1 aliphatic heterocycles. The van der Waals surface area contributed by atoms with Gasteiger partial charge in [0.25, 0.3) is 0 Å². The van der Waals surface area contributed by atoms with Gasteiger partial charge in [0, 0.05) is 0 Å². The molecule has 1 heterocycles. The Morgan fingerprint density at radius 2 is 1.81 bits per heavy atom. The summed E-state index contributed by atoms with van der Waals surface area (Å²) in [6.45, 7) is -0.674. The largest absolute Gasteiger partial charge is 0.469 e. The molecule has 0 aromatic rings. The first-order valence-corrected chi connectivity index (χ1v) is 5.91. The first kappa shape index (κ1) is 14.0. The summed E-state index contributed by atoms with van der Waals surface area (Å²) in [7, 11) is -4.70. The van der Waals surface area contributed by atoms with E-state index in [1.165, 1.54) is 0 Å². The van der Waals surface area contributed by atoms with Crippen molar-refractivity contribution in [2.75, 3.05) is 6.61 Å². The first-order valence-electron chi connectivity index (χ1n) is 4.37. The van der Waals surface area contributed by atoms with Gasteiger partial charge in [0.15, 0.2) is 6.29 Å². The van der Waals surface area contributed by atoms with Crippen LogP contribution in [0.2, 0.25) is 0 Å². The molecule has 0 aromatic heterocycles. The van der Waals surface area contributed by atoms with E-state index < -0.39 is 45.1 Å². The molecular formula is C6H14NO8P. The molecule has 0 unspecified atom stereocenters. The minimum absolute atomic E-state index is 0.674. The second kappa shape index (κ2) is 5.05. The molecule has 0 radical (unpaired) electrons. The summed E-state index contributed by atoms with van der Waals surface area (Å²) >= 11 is 0. The van der Waals surface area contributed by atoms with E-state index in [0.717, 1.165) is 0 Å². The summed E-state index contributed by atoms with van der Waals surface area (Å²) in [4.78, 5) is 16.8. The van der Waals surface area contributed by atoms with Crippen LogP contribution < -0.4 is 5.73 Å². The Hall–Kier alpha value is -0.0900. The summed E-state index contributed by atoms with van der Waals surface area (Å²) in [5.41, 5.74) is 5.28. The van der Waals surface area contributed by atoms with Crippen LogP contribution in [0.4, 0.5) is 0 Å². The molecule has 5 atom stereocenters. The Morgan fingerprint density at radius 3 is 2.31 bits per heavy atom. The minimum atomic E-state index is -4.70. The Kier molecular flexibility index (Phi) is 4.41. The maximum atomic E-state index is 10.4. The molecule has 1 rings (SSSR count). The van der Waals surface area contributed by atoms with Crippen molar-refractivity contribution >= 4 is 7.82 Å². The lowest BCUT2D eigenvalue weighted by molar-refractivity contribution is -0.247. The van der Waals surface area contributed by atoms with Gasteiger partial charge in [-0.15, -0.1) is 0 Å². The molecule has 16 heavy (non-hydrogen) atoms. The Bertz CT molecular complexity index is 282. The second-order valence-electron chi connectivity index (χ2n) is 3.41. The van der Waals surface area contributed by atoms with Crippen LogP contribution in [0.25, 0.3) is 0 Å². The van der Waals surface area contributed by atoms with Crippen LogP contribution in [-0.4, -0.2) is 62.4 Å². The summed E-state index contributed by atoms with van der Waals surface area (Å²) < 4.78 is 19.2. The van der Waals surface area contributed by atoms with Crippen molar-refractivity contribution in [1.29, 1.82) is 0 Å². The van der Waals surface area contributed by atoms with Gasteiger partial charge in [-0.25, -0.2) is 4.57 Å². The van der Waals surface area contributed by atoms with E-state index >= 15 is 0 Å². The van der Waals surface area contributed by atoms with E-state index in [0.29, 0.717) is 0 Å². The van der Waals surface area contributed by atoms with Crippen LogP contribution in [-0.2, 0) is 13.8 Å². The lowest BCUT2D eigenvalue weighted by atomic mass is 9.98. The van der Waals surface area contributed by atoms with E-state index in [-0.39, 0.29) is 0 Å². The molecule has 1 saturated heterocycles. The molecule has 0 spiro atoms. The standard InChI is InChI=1S/C6H14NO8P/c7-3-5(9)4(8)2(15-6(3)10)1-14-16(11,12)13/h2-6,8-10H,1,7H2,(H2,11,12,13)/t2-,3-,4+,5-,6-/m1/s1. The zero-order valence-corrected chi connectivity index (χ0v) is 8.97. The molecule has 7 N–H and O–H groups in total. The first-order chi connectivity index (χ1) is 7.22. The number of ether oxygens (including phenoxy) is 1. The van der Waals surface area contributed by atoms with Gasteiger partial charge in [-0.05, 0) is 0 Å². The van der Waals surface area contributed by atoms with Crippen molar-refractivity contribution in [3.8, 4) is 0 Å². The SMILES string of the molecule is N[C@@H]1[C@@H](O)[C@@H](O)[C@@H](COP(=O)(O)O)O[C@H]1O. The van der Waals surface area contributed by atoms with E-state index in [1.54, 1.807) is 0 Å². The monoisotopic (exact) mass is 259 g/mol. The fourth-order valence-electron chi connectivity index (χ4n) is 1.28. The average Bonchev–Trinajstić information content (AvgIpc) is 2.17. The van der Waals surface area contributed by atoms with Crippen LogP contribution in [0.3, 0.4) is 0 Å². The maximum Gasteiger partial charge on any atom is 0.469 e. The number of hydrogen-bond acceptors (Lipinski definition) is 7. The number of hydrogen-bond donors (Lipinski definition) is 6. The predicted molar refractivity (Wildman–Crippen MR) is 48.9 cm³/mol. The van der Waals surface area contributed by atoms with Gasteiger partial charge in [0.2, 0.25) is 0 Å². The summed E-state index contributed by atoms with van der Waals surface area (Å²) in [6.07, 6.45) is -5.76. The van der Waals surface area contributed by atoms with Crippen LogP contribution >= 0.6 is 7.82 Å². The fourth-order valence-corrected chi connectivity index (χ4v) is 1.62. The van der Waals surface area contributed by atoms with Gasteiger partial charge < -0.3 is 35.6 Å². The van der Waals surface area contributed by atoms with Crippen molar-refractivity contribution in [2.24, 2.45) is 5.73 Å². The predicted octanol–water partition coefficient (Wildman–Crippen LogP) is -3.14. The molecule has 10 heteroatoms. The van der Waals surface area contributed by atoms with E-state index in [2.05, 4.69) is 4.52 Å². The van der Waals surface area contributed by atoms with E-state index in [1.807, 2.05) is 0 Å². The van der Waals surface area contributed by atoms with Crippen molar-refractivity contribution < 1.29 is 38.9 Å². The molecule has 0 aliphatic carbocycles. The minimum Gasteiger partial charge on any atom is -0.388 e. The lowest BCUT2D eigenvalue weighted by Gasteiger charge is -2.38. The van der Waals surface area contributed by atoms with Crippen molar-refractivity contribution in [1.82, 2.24) is 0 Å². The Labute approximate surface area is 90.6 Å². The van der Waals surface area contributed by atoms with Gasteiger partial charge in [0.05, 0.1) is 12.6 Å². The molecular weight excluding hydrogens is 245 g/mol. The molecule has 9 nitrogen and oxygen atoms in total. The number of aliphatic hydroxyl groups excluding tert-OH is 3. The zero-order chi connectivity index (χ0) is 12.5. The highest BCUT2D eigenvalue weighted by atomic mass is 31.2. The smallest absolute Gasteiger partial charge is 0.388 e. The van der Waals surface area contributed by atoms with Crippen molar-refractivity contribution in [3.63, 3.8) is 0 Å². The van der Waals surface area contributed by atoms with Gasteiger partial charge in [-0.3, -0.25) is 4.52 Å². The third-order valence-electron chi connectivity index (χ3n) is 2.18. The summed E-state index contributed by atoms with van der Waals surface area (Å²) in [6, 6.07) is -1.19. The van der Waals surface area contributed by atoms with Crippen LogP contribution in [0.1, 0.15) is 0 Å². The van der Waals surface area contributed by atoms with Crippen LogP contribution in [0.15, 0.2) is 0 Å². The van der Waals surface area contributed by atoms with E-state index in [4.69, 9.17) is 20.3 Å². The highest BCUT2D eigenvalue weighted by molar-refractivity contribution is 7.46. The molecule has 96 valence electrons. The highest BCUT2D eigenvalue weighted by Gasteiger charge is 2.42. The molecule has 1 aliphatic rings. The van der Waals surface area contributed by atoms with Gasteiger partial charge in [0.1, 0.15) is 18.3 Å². The zero-order valence-electron chi connectivity index (χ0n) is 8.08. The second-order valence-corrected chi connectivity index (χ2v) is 4.65. The third-order valence-corrected chi connectivity index (χ3v) is 2.66. The fraction of sp³-hybridized carbons (Fsp3) is 1.00. The number of nitrogens with two attached hydrogens (primary N) is 1. The lowest BCUT2D eigenvalue weighted by Crippen LogP contribution is -2.61. The van der Waals surface area contributed by atoms with Gasteiger partial charge in [-0.2, -0.15) is 0 Å². The highest BCUT2D eigenvalue weighted by Crippen LogP contribution is 2.36. The van der Waals surface area contributed by atoms with E-state index in [9.17, 15) is 19.9 Å².